The maximum absolute atomic E-state index is 15.2. The number of nitriles is 1. The quantitative estimate of drug-likeness (QED) is 0.205. The summed E-state index contributed by atoms with van der Waals surface area (Å²) in [5, 5.41) is 28.9. The first kappa shape index (κ1) is 26.6. The van der Waals surface area contributed by atoms with E-state index in [2.05, 4.69) is 37.3 Å². The monoisotopic (exact) mass is 570 g/mol. The highest BCUT2D eigenvalue weighted by molar-refractivity contribution is 6.31. The topological polar surface area (TPSA) is 103 Å². The number of fused-ring (bicyclic) bond motifs is 1. The van der Waals surface area contributed by atoms with Crippen molar-refractivity contribution in [2.24, 2.45) is 0 Å². The highest BCUT2D eigenvalue weighted by Crippen LogP contribution is 2.36. The van der Waals surface area contributed by atoms with Gasteiger partial charge < -0.3 is 16.0 Å². The number of hydrogen-bond acceptors (Lipinski definition) is 7. The lowest BCUT2D eigenvalue weighted by Crippen LogP contribution is -2.29. The fourth-order valence-electron chi connectivity index (χ4n) is 5.12. The van der Waals surface area contributed by atoms with Crippen LogP contribution < -0.4 is 16.0 Å². The molecule has 0 aliphatic carbocycles. The van der Waals surface area contributed by atoms with Crippen molar-refractivity contribution in [1.29, 1.82) is 5.26 Å². The second kappa shape index (κ2) is 11.5. The highest BCUT2D eigenvalue weighted by atomic mass is 35.5. The first-order valence-electron chi connectivity index (χ1n) is 13.2. The van der Waals surface area contributed by atoms with E-state index in [-0.39, 0.29) is 16.6 Å². The van der Waals surface area contributed by atoms with Crippen LogP contribution in [-0.4, -0.2) is 33.1 Å². The molecule has 1 fully saturated rings. The number of halogens is 3. The molecule has 3 N–H and O–H groups in total. The van der Waals surface area contributed by atoms with E-state index in [0.29, 0.717) is 33.7 Å². The summed E-state index contributed by atoms with van der Waals surface area (Å²) >= 11 is 5.97. The Bertz CT molecular complexity index is 1750. The summed E-state index contributed by atoms with van der Waals surface area (Å²) in [6.45, 7) is 1.85. The maximum atomic E-state index is 15.2. The number of rotatable bonds is 7. The van der Waals surface area contributed by atoms with Crippen LogP contribution in [0.15, 0.2) is 73.1 Å². The van der Waals surface area contributed by atoms with Gasteiger partial charge in [0.25, 0.3) is 0 Å². The van der Waals surface area contributed by atoms with Gasteiger partial charge in [-0.3, -0.25) is 4.98 Å². The summed E-state index contributed by atoms with van der Waals surface area (Å²) in [7, 11) is 0. The van der Waals surface area contributed by atoms with Crippen molar-refractivity contribution in [3.05, 3.63) is 107 Å². The second-order valence-electron chi connectivity index (χ2n) is 9.85. The number of pyridine rings is 1. The summed E-state index contributed by atoms with van der Waals surface area (Å²) < 4.78 is 30.8. The van der Waals surface area contributed by atoms with Crippen LogP contribution in [0.5, 0.6) is 0 Å². The van der Waals surface area contributed by atoms with E-state index in [0.717, 1.165) is 31.5 Å². The van der Waals surface area contributed by atoms with Gasteiger partial charge in [0, 0.05) is 17.3 Å². The molecule has 0 unspecified atom stereocenters. The first-order chi connectivity index (χ1) is 20.0. The molecule has 8 nitrogen and oxygen atoms in total. The third-order valence-electron chi connectivity index (χ3n) is 7.18. The smallest absolute Gasteiger partial charge is 0.141 e. The molecule has 5 aromatic rings. The van der Waals surface area contributed by atoms with Crippen LogP contribution >= 0.6 is 11.6 Å². The van der Waals surface area contributed by atoms with Crippen LogP contribution in [0.4, 0.5) is 25.8 Å². The molecule has 0 spiro atoms. The van der Waals surface area contributed by atoms with Crippen LogP contribution in [0.1, 0.15) is 41.7 Å². The van der Waals surface area contributed by atoms with Crippen molar-refractivity contribution in [2.45, 2.75) is 24.9 Å². The van der Waals surface area contributed by atoms with Crippen LogP contribution in [0.25, 0.3) is 10.9 Å². The van der Waals surface area contributed by atoms with Crippen molar-refractivity contribution in [3.8, 4) is 6.07 Å². The average Bonchev–Trinajstić information content (AvgIpc) is 3.49. The molecule has 1 atom stereocenters. The third kappa shape index (κ3) is 5.55. The second-order valence-corrected chi connectivity index (χ2v) is 10.3. The zero-order valence-corrected chi connectivity index (χ0v) is 22.5. The average molecular weight is 571 g/mol. The molecule has 3 aromatic carbocycles. The van der Waals surface area contributed by atoms with Gasteiger partial charge in [-0.25, -0.2) is 13.5 Å². The predicted molar refractivity (Wildman–Crippen MR) is 154 cm³/mol. The van der Waals surface area contributed by atoms with Gasteiger partial charge in [0.1, 0.15) is 23.4 Å². The molecule has 6 rings (SSSR count). The van der Waals surface area contributed by atoms with Gasteiger partial charge in [-0.15, -0.1) is 5.10 Å². The Morgan fingerprint density at radius 1 is 1.07 bits per heavy atom. The van der Waals surface area contributed by atoms with Gasteiger partial charge in [-0.05, 0) is 61.8 Å². The fourth-order valence-corrected chi connectivity index (χ4v) is 5.30. The number of benzene rings is 3. The van der Waals surface area contributed by atoms with Crippen LogP contribution in [0, 0.1) is 23.0 Å². The summed E-state index contributed by atoms with van der Waals surface area (Å²) in [5.41, 5.74) is 3.41. The van der Waals surface area contributed by atoms with Crippen LogP contribution in [-0.2, 0) is 0 Å². The summed E-state index contributed by atoms with van der Waals surface area (Å²) in [6.07, 6.45) is 5.28. The van der Waals surface area contributed by atoms with E-state index in [9.17, 15) is 9.65 Å². The summed E-state index contributed by atoms with van der Waals surface area (Å²) in [6, 6.07) is 18.4. The predicted octanol–water partition coefficient (Wildman–Crippen LogP) is 6.50. The largest absolute Gasteiger partial charge is 0.371 e. The molecular weight excluding hydrogens is 546 g/mol. The number of hydrogen-bond donors (Lipinski definition) is 3. The van der Waals surface area contributed by atoms with E-state index < -0.39 is 17.7 Å². The number of anilines is 3. The fraction of sp³-hybridized carbons (Fsp3) is 0.200. The van der Waals surface area contributed by atoms with E-state index in [1.165, 1.54) is 36.5 Å². The van der Waals surface area contributed by atoms with Crippen molar-refractivity contribution < 1.29 is 8.78 Å². The standard InChI is InChI=1S/C30H25ClF2N8/c31-24-14-21(6-7-25(24)33)37-28-19(15-34)16-36-30-23(28)12-20(32)13-26(30)38-29(18-4-2-1-3-5-18)27-17-41(40-39-27)22-8-10-35-11-9-22/h1-7,12-14,16-17,22,29,35,38H,8-11H2,(H,36,37)/t29-/m0/s1. The molecule has 0 radical (unpaired) electrons. The number of nitrogens with zero attached hydrogens (tertiary/aromatic N) is 5. The summed E-state index contributed by atoms with van der Waals surface area (Å²) in [4.78, 5) is 4.52. The normalized spacial score (nSPS) is 14.5. The molecule has 206 valence electrons. The Morgan fingerprint density at radius 2 is 1.88 bits per heavy atom. The lowest BCUT2D eigenvalue weighted by Gasteiger charge is -2.22. The Hall–Kier alpha value is -4.59. The Kier molecular flexibility index (Phi) is 7.46. The minimum absolute atomic E-state index is 0.0800. The van der Waals surface area contributed by atoms with E-state index in [1.54, 1.807) is 0 Å². The first-order valence-corrected chi connectivity index (χ1v) is 13.6. The number of aromatic nitrogens is 4. The molecular formula is C30H25ClF2N8. The Balaban J connectivity index is 1.42. The third-order valence-corrected chi connectivity index (χ3v) is 7.47. The minimum atomic E-state index is -0.570. The van der Waals surface area contributed by atoms with Gasteiger partial charge in [-0.2, -0.15) is 5.26 Å². The molecule has 2 aromatic heterocycles. The summed E-state index contributed by atoms with van der Waals surface area (Å²) in [5.74, 6) is -1.10. The highest BCUT2D eigenvalue weighted by Gasteiger charge is 2.23. The van der Waals surface area contributed by atoms with Gasteiger partial charge in [0.2, 0.25) is 0 Å². The van der Waals surface area contributed by atoms with Crippen molar-refractivity contribution in [1.82, 2.24) is 25.3 Å². The molecule has 0 saturated carbocycles. The Morgan fingerprint density at radius 3 is 2.63 bits per heavy atom. The van der Waals surface area contributed by atoms with E-state index >= 15 is 4.39 Å². The van der Waals surface area contributed by atoms with E-state index in [4.69, 9.17) is 11.6 Å². The molecule has 41 heavy (non-hydrogen) atoms. The lowest BCUT2D eigenvalue weighted by atomic mass is 10.0. The van der Waals surface area contributed by atoms with Crippen LogP contribution in [0.2, 0.25) is 5.02 Å². The molecule has 1 aliphatic heterocycles. The van der Waals surface area contributed by atoms with Gasteiger partial charge in [-0.1, -0.05) is 47.1 Å². The van der Waals surface area contributed by atoms with Gasteiger partial charge >= 0.3 is 0 Å². The van der Waals surface area contributed by atoms with Gasteiger partial charge in [0.05, 0.1) is 45.8 Å². The van der Waals surface area contributed by atoms with Crippen molar-refractivity contribution in [2.75, 3.05) is 23.7 Å². The lowest BCUT2D eigenvalue weighted by molar-refractivity contribution is 0.337. The molecule has 0 amide bonds. The molecule has 1 saturated heterocycles. The molecule has 0 bridgehead atoms. The van der Waals surface area contributed by atoms with Crippen molar-refractivity contribution in [3.63, 3.8) is 0 Å². The molecule has 1 aliphatic rings. The number of piperidine rings is 1. The Labute approximate surface area is 240 Å². The number of nitrogens with one attached hydrogen (secondary N) is 3. The van der Waals surface area contributed by atoms with Crippen molar-refractivity contribution >= 4 is 39.6 Å². The molecule has 3 heterocycles. The zero-order valence-electron chi connectivity index (χ0n) is 21.8. The molecule has 11 heteroatoms. The zero-order chi connectivity index (χ0) is 28.3. The van der Waals surface area contributed by atoms with E-state index in [1.807, 2.05) is 41.2 Å². The SMILES string of the molecule is N#Cc1cnc2c(N[C@@H](c3ccccc3)c3cn(C4CCNCC4)nn3)cc(F)cc2c1Nc1ccc(F)c(Cl)c1. The maximum Gasteiger partial charge on any atom is 0.141 e. The minimum Gasteiger partial charge on any atom is -0.371 e. The van der Waals surface area contributed by atoms with Gasteiger partial charge in [0.15, 0.2) is 0 Å². The van der Waals surface area contributed by atoms with Crippen LogP contribution in [0.3, 0.4) is 0 Å².